The van der Waals surface area contributed by atoms with Gasteiger partial charge in [0.2, 0.25) is 0 Å². The number of halogens is 1. The van der Waals surface area contributed by atoms with Crippen molar-refractivity contribution in [1.29, 1.82) is 0 Å². The zero-order chi connectivity index (χ0) is 10.0. The van der Waals surface area contributed by atoms with E-state index in [0.717, 1.165) is 18.7 Å². The molecule has 0 spiro atoms. The highest BCUT2D eigenvalue weighted by Gasteiger charge is 2.22. The fraction of sp³-hybridized carbons (Fsp3) is 0.571. The molecule has 1 heterocycles. The van der Waals surface area contributed by atoms with Crippen LogP contribution in [0.5, 0.6) is 0 Å². The van der Waals surface area contributed by atoms with E-state index in [0.29, 0.717) is 3.57 Å². The average molecular weight is 295 g/mol. The monoisotopic (exact) mass is 295 g/mol. The summed E-state index contributed by atoms with van der Waals surface area (Å²) in [6.45, 7) is 4.59. The van der Waals surface area contributed by atoms with Gasteiger partial charge in [-0.1, -0.05) is 6.92 Å². The standard InChI is InChI=1S/C7H10IN3O2/c1-3-4-10-5(2)6(8)7(9-10)11(12)13/h3-4H2,1-2H3. The van der Waals surface area contributed by atoms with E-state index in [1.165, 1.54) is 0 Å². The number of nitrogens with zero attached hydrogens (tertiary/aromatic N) is 3. The molecule has 0 aromatic carbocycles. The van der Waals surface area contributed by atoms with Gasteiger partial charge < -0.3 is 10.1 Å². The summed E-state index contributed by atoms with van der Waals surface area (Å²) in [5, 5.41) is 14.4. The number of aromatic nitrogens is 2. The summed E-state index contributed by atoms with van der Waals surface area (Å²) in [6, 6.07) is 0. The second kappa shape index (κ2) is 4.03. The summed E-state index contributed by atoms with van der Waals surface area (Å²) in [4.78, 5) is 10.1. The Kier molecular flexibility index (Phi) is 3.23. The summed E-state index contributed by atoms with van der Waals surface area (Å²) < 4.78 is 2.32. The van der Waals surface area contributed by atoms with Crippen LogP contribution in [-0.4, -0.2) is 14.7 Å². The van der Waals surface area contributed by atoms with Gasteiger partial charge in [0.05, 0.1) is 17.3 Å². The molecule has 0 saturated carbocycles. The number of rotatable bonds is 3. The van der Waals surface area contributed by atoms with Gasteiger partial charge in [-0.25, -0.2) is 0 Å². The molecule has 6 heteroatoms. The molecule has 0 unspecified atom stereocenters. The van der Waals surface area contributed by atoms with E-state index >= 15 is 0 Å². The topological polar surface area (TPSA) is 61.0 Å². The van der Waals surface area contributed by atoms with Crippen LogP contribution in [0.15, 0.2) is 0 Å². The third kappa shape index (κ3) is 1.98. The van der Waals surface area contributed by atoms with Crippen LogP contribution in [-0.2, 0) is 6.54 Å². The lowest BCUT2D eigenvalue weighted by Crippen LogP contribution is -2.01. The highest BCUT2D eigenvalue weighted by atomic mass is 127. The highest BCUT2D eigenvalue weighted by Crippen LogP contribution is 2.22. The maximum Gasteiger partial charge on any atom is 0.403 e. The average Bonchev–Trinajstić information content (AvgIpc) is 2.33. The van der Waals surface area contributed by atoms with Crippen molar-refractivity contribution in [3.63, 3.8) is 0 Å². The van der Waals surface area contributed by atoms with Crippen molar-refractivity contribution in [3.05, 3.63) is 19.4 Å². The van der Waals surface area contributed by atoms with Crippen LogP contribution in [0.25, 0.3) is 0 Å². The molecule has 1 aromatic rings. The summed E-state index contributed by atoms with van der Waals surface area (Å²) in [5.74, 6) is -0.0356. The fourth-order valence-corrected chi connectivity index (χ4v) is 1.64. The van der Waals surface area contributed by atoms with Crippen LogP contribution in [0.4, 0.5) is 5.82 Å². The van der Waals surface area contributed by atoms with Gasteiger partial charge in [-0.15, -0.1) is 0 Å². The summed E-state index contributed by atoms with van der Waals surface area (Å²) in [6.07, 6.45) is 0.926. The van der Waals surface area contributed by atoms with E-state index < -0.39 is 4.92 Å². The van der Waals surface area contributed by atoms with E-state index in [-0.39, 0.29) is 5.82 Å². The molecule has 72 valence electrons. The Morgan fingerprint density at radius 2 is 2.31 bits per heavy atom. The van der Waals surface area contributed by atoms with E-state index in [2.05, 4.69) is 5.10 Å². The number of aryl methyl sites for hydroxylation is 1. The van der Waals surface area contributed by atoms with Crippen LogP contribution >= 0.6 is 22.6 Å². The zero-order valence-electron chi connectivity index (χ0n) is 7.45. The first-order valence-electron chi connectivity index (χ1n) is 3.95. The first kappa shape index (κ1) is 10.4. The molecule has 0 bridgehead atoms. The Morgan fingerprint density at radius 1 is 1.69 bits per heavy atom. The lowest BCUT2D eigenvalue weighted by Gasteiger charge is -1.93. The molecule has 0 aliphatic rings. The van der Waals surface area contributed by atoms with Gasteiger partial charge in [0.25, 0.3) is 0 Å². The van der Waals surface area contributed by atoms with Crippen molar-refractivity contribution < 1.29 is 4.92 Å². The van der Waals surface area contributed by atoms with Gasteiger partial charge in [0, 0.05) is 0 Å². The van der Waals surface area contributed by atoms with Crippen LogP contribution in [0.3, 0.4) is 0 Å². The van der Waals surface area contributed by atoms with Gasteiger partial charge in [-0.3, -0.25) is 0 Å². The second-order valence-electron chi connectivity index (χ2n) is 2.70. The van der Waals surface area contributed by atoms with E-state index in [1.54, 1.807) is 4.68 Å². The van der Waals surface area contributed by atoms with Crippen LogP contribution in [0.2, 0.25) is 0 Å². The van der Waals surface area contributed by atoms with Gasteiger partial charge >= 0.3 is 5.82 Å². The van der Waals surface area contributed by atoms with Crippen LogP contribution in [0, 0.1) is 20.6 Å². The molecule has 0 aliphatic heterocycles. The number of hydrogen-bond donors (Lipinski definition) is 0. The Bertz CT molecular complexity index is 335. The largest absolute Gasteiger partial charge is 0.403 e. The maximum absolute atomic E-state index is 10.5. The molecule has 0 radical (unpaired) electrons. The normalized spacial score (nSPS) is 10.4. The van der Waals surface area contributed by atoms with Crippen molar-refractivity contribution in [2.75, 3.05) is 0 Å². The minimum absolute atomic E-state index is 0.0356. The van der Waals surface area contributed by atoms with Gasteiger partial charge in [-0.2, -0.15) is 4.68 Å². The third-order valence-corrected chi connectivity index (χ3v) is 2.99. The van der Waals surface area contributed by atoms with Gasteiger partial charge in [0.15, 0.2) is 0 Å². The molecule has 0 saturated heterocycles. The molecule has 13 heavy (non-hydrogen) atoms. The third-order valence-electron chi connectivity index (χ3n) is 1.72. The summed E-state index contributed by atoms with van der Waals surface area (Å²) in [7, 11) is 0. The lowest BCUT2D eigenvalue weighted by atomic mass is 10.4. The summed E-state index contributed by atoms with van der Waals surface area (Å²) >= 11 is 1.96. The highest BCUT2D eigenvalue weighted by molar-refractivity contribution is 14.1. The van der Waals surface area contributed by atoms with E-state index in [9.17, 15) is 10.1 Å². The zero-order valence-corrected chi connectivity index (χ0v) is 9.61. The van der Waals surface area contributed by atoms with Crippen molar-refractivity contribution in [2.45, 2.75) is 26.8 Å². The van der Waals surface area contributed by atoms with Crippen molar-refractivity contribution in [1.82, 2.24) is 9.78 Å². The predicted molar refractivity (Wildman–Crippen MR) is 56.6 cm³/mol. The Hall–Kier alpha value is -0.660. The fourth-order valence-electron chi connectivity index (χ4n) is 1.05. The predicted octanol–water partition coefficient (Wildman–Crippen LogP) is 2.11. The minimum atomic E-state index is -0.444. The molecular formula is C7H10IN3O2. The van der Waals surface area contributed by atoms with Crippen LogP contribution < -0.4 is 0 Å². The minimum Gasteiger partial charge on any atom is -0.358 e. The lowest BCUT2D eigenvalue weighted by molar-refractivity contribution is -0.390. The molecule has 0 N–H and O–H groups in total. The first-order valence-corrected chi connectivity index (χ1v) is 5.03. The number of hydrogen-bond acceptors (Lipinski definition) is 3. The molecule has 1 rings (SSSR count). The first-order chi connectivity index (χ1) is 6.07. The van der Waals surface area contributed by atoms with Crippen LogP contribution in [0.1, 0.15) is 19.0 Å². The smallest absolute Gasteiger partial charge is 0.358 e. The Morgan fingerprint density at radius 3 is 2.69 bits per heavy atom. The summed E-state index contributed by atoms with van der Waals surface area (Å²) in [5.41, 5.74) is 0.870. The van der Waals surface area contributed by atoms with Gasteiger partial charge in [-0.05, 0) is 40.9 Å². The maximum atomic E-state index is 10.5. The van der Waals surface area contributed by atoms with Crippen molar-refractivity contribution in [2.24, 2.45) is 0 Å². The van der Waals surface area contributed by atoms with E-state index in [1.807, 2.05) is 36.4 Å². The SMILES string of the molecule is CCCn1nc([N+](=O)[O-])c(I)c1C. The Balaban J connectivity index is 3.12. The molecule has 1 aromatic heterocycles. The van der Waals surface area contributed by atoms with Crippen molar-refractivity contribution in [3.8, 4) is 0 Å². The second-order valence-corrected chi connectivity index (χ2v) is 3.78. The van der Waals surface area contributed by atoms with Gasteiger partial charge in [0.1, 0.15) is 3.57 Å². The van der Waals surface area contributed by atoms with E-state index in [4.69, 9.17) is 0 Å². The molecule has 0 atom stereocenters. The Labute approximate surface area is 89.4 Å². The van der Waals surface area contributed by atoms with Crippen molar-refractivity contribution >= 4 is 28.4 Å². The molecule has 0 aliphatic carbocycles. The molecule has 5 nitrogen and oxygen atoms in total. The quantitative estimate of drug-likeness (QED) is 0.487. The number of nitro groups is 1. The molecule has 0 amide bonds. The molecule has 0 fully saturated rings. The molecular weight excluding hydrogens is 285 g/mol.